The highest BCUT2D eigenvalue weighted by molar-refractivity contribution is 5.27. The third-order valence-electron chi connectivity index (χ3n) is 1.74. The molecule has 0 saturated heterocycles. The van der Waals surface area contributed by atoms with Gasteiger partial charge in [0.05, 0.1) is 13.2 Å². The molecule has 0 unspecified atom stereocenters. The number of hydrogen-bond acceptors (Lipinski definition) is 3. The zero-order valence-electron chi connectivity index (χ0n) is 9.13. The predicted octanol–water partition coefficient (Wildman–Crippen LogP) is 3.17. The van der Waals surface area contributed by atoms with Gasteiger partial charge in [-0.15, -0.1) is 0 Å². The summed E-state index contributed by atoms with van der Waals surface area (Å²) in [4.78, 5) is 0. The van der Waals surface area contributed by atoms with Gasteiger partial charge in [-0.05, 0) is 19.8 Å². The van der Waals surface area contributed by atoms with Gasteiger partial charge < -0.3 is 13.9 Å². The molecule has 3 heteroatoms. The van der Waals surface area contributed by atoms with Crippen molar-refractivity contribution < 1.29 is 13.9 Å². The van der Waals surface area contributed by atoms with Crippen LogP contribution < -0.4 is 9.47 Å². The predicted molar refractivity (Wildman–Crippen MR) is 55.0 cm³/mol. The molecule has 0 fully saturated rings. The maximum Gasteiger partial charge on any atom is 0.290 e. The Labute approximate surface area is 85.0 Å². The molecule has 0 N–H and O–H groups in total. The van der Waals surface area contributed by atoms with Crippen molar-refractivity contribution in [2.24, 2.45) is 0 Å². The van der Waals surface area contributed by atoms with E-state index in [4.69, 9.17) is 13.9 Å². The lowest BCUT2D eigenvalue weighted by Crippen LogP contribution is -1.94. The standard InChI is InChI=1S/C11H18O3/c1-4-6-12-10-8-9(3)11(14-10)13-7-5-2/h8H,4-7H2,1-3H3. The van der Waals surface area contributed by atoms with Crippen LogP contribution in [0.2, 0.25) is 0 Å². The van der Waals surface area contributed by atoms with E-state index in [0.717, 1.165) is 18.4 Å². The highest BCUT2D eigenvalue weighted by Gasteiger charge is 2.08. The SMILES string of the molecule is CCCOc1cc(C)c(OCCC)o1. The largest absolute Gasteiger partial charge is 0.465 e. The maximum atomic E-state index is 5.40. The summed E-state index contributed by atoms with van der Waals surface area (Å²) in [5, 5.41) is 0. The second-order valence-electron chi connectivity index (χ2n) is 3.23. The number of aryl methyl sites for hydroxylation is 1. The summed E-state index contributed by atoms with van der Waals surface area (Å²) in [7, 11) is 0. The van der Waals surface area contributed by atoms with Gasteiger partial charge in [0.1, 0.15) is 0 Å². The summed E-state index contributed by atoms with van der Waals surface area (Å²) in [5.74, 6) is 1.13. The van der Waals surface area contributed by atoms with Gasteiger partial charge in [-0.2, -0.15) is 0 Å². The Morgan fingerprint density at radius 3 is 2.43 bits per heavy atom. The van der Waals surface area contributed by atoms with E-state index in [1.54, 1.807) is 0 Å². The van der Waals surface area contributed by atoms with E-state index in [1.165, 1.54) is 0 Å². The Balaban J connectivity index is 2.53. The Morgan fingerprint density at radius 1 is 1.14 bits per heavy atom. The van der Waals surface area contributed by atoms with Crippen LogP contribution in [0.1, 0.15) is 32.3 Å². The van der Waals surface area contributed by atoms with Crippen molar-refractivity contribution in [2.45, 2.75) is 33.6 Å². The minimum atomic E-state index is 0.551. The van der Waals surface area contributed by atoms with Crippen molar-refractivity contribution in [3.8, 4) is 11.9 Å². The zero-order chi connectivity index (χ0) is 10.4. The molecule has 0 aliphatic carbocycles. The van der Waals surface area contributed by atoms with Crippen molar-refractivity contribution in [1.82, 2.24) is 0 Å². The van der Waals surface area contributed by atoms with Crippen LogP contribution in [-0.2, 0) is 0 Å². The molecule has 0 saturated carbocycles. The van der Waals surface area contributed by atoms with E-state index < -0.39 is 0 Å². The molecule has 0 aliphatic rings. The van der Waals surface area contributed by atoms with E-state index >= 15 is 0 Å². The Bertz CT molecular complexity index is 265. The fraction of sp³-hybridized carbons (Fsp3) is 0.636. The quantitative estimate of drug-likeness (QED) is 0.703. The van der Waals surface area contributed by atoms with Crippen LogP contribution in [-0.4, -0.2) is 13.2 Å². The lowest BCUT2D eigenvalue weighted by Gasteiger charge is -2.01. The monoisotopic (exact) mass is 198 g/mol. The molecule has 0 amide bonds. The molecule has 1 aromatic heterocycles. The second-order valence-corrected chi connectivity index (χ2v) is 3.23. The van der Waals surface area contributed by atoms with E-state index in [1.807, 2.05) is 13.0 Å². The van der Waals surface area contributed by atoms with Crippen LogP contribution in [0.4, 0.5) is 0 Å². The molecular weight excluding hydrogens is 180 g/mol. The van der Waals surface area contributed by atoms with Crippen molar-refractivity contribution >= 4 is 0 Å². The van der Waals surface area contributed by atoms with Crippen molar-refractivity contribution in [2.75, 3.05) is 13.2 Å². The van der Waals surface area contributed by atoms with E-state index in [-0.39, 0.29) is 0 Å². The molecule has 0 atom stereocenters. The Morgan fingerprint density at radius 2 is 1.79 bits per heavy atom. The van der Waals surface area contributed by atoms with Crippen LogP contribution in [0.5, 0.6) is 11.9 Å². The fourth-order valence-electron chi connectivity index (χ4n) is 1.05. The summed E-state index contributed by atoms with van der Waals surface area (Å²) in [6.07, 6.45) is 1.95. The third kappa shape index (κ3) is 2.98. The van der Waals surface area contributed by atoms with E-state index in [0.29, 0.717) is 25.1 Å². The molecule has 0 aliphatic heterocycles. The summed E-state index contributed by atoms with van der Waals surface area (Å²) in [6, 6.07) is 1.86. The summed E-state index contributed by atoms with van der Waals surface area (Å²) in [6.45, 7) is 7.44. The fourth-order valence-corrected chi connectivity index (χ4v) is 1.05. The van der Waals surface area contributed by atoms with E-state index in [2.05, 4.69) is 13.8 Å². The molecule has 0 radical (unpaired) electrons. The molecular formula is C11H18O3. The number of ether oxygens (including phenoxy) is 2. The Hall–Kier alpha value is -1.12. The van der Waals surface area contributed by atoms with Crippen LogP contribution in [0, 0.1) is 6.92 Å². The normalized spacial score (nSPS) is 10.2. The van der Waals surface area contributed by atoms with Crippen molar-refractivity contribution in [1.29, 1.82) is 0 Å². The maximum absolute atomic E-state index is 5.40. The van der Waals surface area contributed by atoms with Crippen LogP contribution in [0.25, 0.3) is 0 Å². The molecule has 1 rings (SSSR count). The summed E-state index contributed by atoms with van der Waals surface area (Å²) in [5.41, 5.74) is 0.990. The van der Waals surface area contributed by atoms with Crippen LogP contribution in [0.3, 0.4) is 0 Å². The van der Waals surface area contributed by atoms with Crippen LogP contribution in [0.15, 0.2) is 10.5 Å². The first-order valence-corrected chi connectivity index (χ1v) is 5.14. The summed E-state index contributed by atoms with van der Waals surface area (Å²) < 4.78 is 16.1. The topological polar surface area (TPSA) is 31.6 Å². The molecule has 80 valence electrons. The van der Waals surface area contributed by atoms with Gasteiger partial charge in [-0.1, -0.05) is 13.8 Å². The molecule has 3 nitrogen and oxygen atoms in total. The minimum absolute atomic E-state index is 0.551. The van der Waals surface area contributed by atoms with Crippen molar-refractivity contribution in [3.63, 3.8) is 0 Å². The summed E-state index contributed by atoms with van der Waals surface area (Å²) >= 11 is 0. The lowest BCUT2D eigenvalue weighted by molar-refractivity contribution is 0.190. The first kappa shape index (κ1) is 11.0. The Kier molecular flexibility index (Phi) is 4.36. The highest BCUT2D eigenvalue weighted by Crippen LogP contribution is 2.28. The van der Waals surface area contributed by atoms with Crippen LogP contribution >= 0.6 is 0 Å². The smallest absolute Gasteiger partial charge is 0.290 e. The minimum Gasteiger partial charge on any atom is -0.465 e. The molecule has 1 aromatic rings. The van der Waals surface area contributed by atoms with Gasteiger partial charge in [0.15, 0.2) is 0 Å². The van der Waals surface area contributed by atoms with Gasteiger partial charge in [0, 0.05) is 11.6 Å². The number of hydrogen-bond donors (Lipinski definition) is 0. The lowest BCUT2D eigenvalue weighted by atomic mass is 10.4. The first-order chi connectivity index (χ1) is 6.77. The van der Waals surface area contributed by atoms with Crippen molar-refractivity contribution in [3.05, 3.63) is 11.6 Å². The molecule has 0 aromatic carbocycles. The molecule has 14 heavy (non-hydrogen) atoms. The average Bonchev–Trinajstić information content (AvgIpc) is 2.53. The van der Waals surface area contributed by atoms with Gasteiger partial charge >= 0.3 is 0 Å². The zero-order valence-corrected chi connectivity index (χ0v) is 9.13. The molecule has 0 spiro atoms. The van der Waals surface area contributed by atoms with E-state index in [9.17, 15) is 0 Å². The van der Waals surface area contributed by atoms with Gasteiger partial charge in [0.25, 0.3) is 11.9 Å². The highest BCUT2D eigenvalue weighted by atomic mass is 16.6. The van der Waals surface area contributed by atoms with Gasteiger partial charge in [-0.3, -0.25) is 0 Å². The number of furan rings is 1. The average molecular weight is 198 g/mol. The second kappa shape index (κ2) is 5.58. The first-order valence-electron chi connectivity index (χ1n) is 5.14. The third-order valence-corrected chi connectivity index (χ3v) is 1.74. The number of rotatable bonds is 6. The van der Waals surface area contributed by atoms with Gasteiger partial charge in [0.2, 0.25) is 0 Å². The molecule has 0 bridgehead atoms. The van der Waals surface area contributed by atoms with Gasteiger partial charge in [-0.25, -0.2) is 0 Å². The molecule has 1 heterocycles.